The number of nitrogens with zero attached hydrogens (tertiary/aromatic N) is 2. The third-order valence-corrected chi connectivity index (χ3v) is 6.58. The van der Waals surface area contributed by atoms with Crippen molar-refractivity contribution in [3.63, 3.8) is 0 Å². The van der Waals surface area contributed by atoms with E-state index in [1.54, 1.807) is 30.3 Å². The minimum absolute atomic E-state index is 0.0512. The van der Waals surface area contributed by atoms with Gasteiger partial charge in [-0.3, -0.25) is 24.5 Å². The van der Waals surface area contributed by atoms with Crippen LogP contribution in [0, 0.1) is 11.3 Å². The molecule has 1 saturated heterocycles. The molecule has 2 aliphatic heterocycles. The summed E-state index contributed by atoms with van der Waals surface area (Å²) in [5.74, 6) is -0.281. The third-order valence-electron chi connectivity index (χ3n) is 6.58. The molecule has 0 radical (unpaired) electrons. The van der Waals surface area contributed by atoms with Crippen molar-refractivity contribution in [2.24, 2.45) is 0 Å². The normalized spacial score (nSPS) is 16.7. The first-order valence-electron chi connectivity index (χ1n) is 12.6. The predicted octanol–water partition coefficient (Wildman–Crippen LogP) is 2.62. The summed E-state index contributed by atoms with van der Waals surface area (Å²) in [7, 11) is 0. The molecule has 2 aliphatic rings. The number of rotatable bonds is 11. The number of benzene rings is 2. The first kappa shape index (κ1) is 25.9. The van der Waals surface area contributed by atoms with Crippen LogP contribution in [0.25, 0.3) is 0 Å². The number of carbonyl (C=O) groups is 4. The Balaban J connectivity index is 1.11. The van der Waals surface area contributed by atoms with Gasteiger partial charge in [0, 0.05) is 25.1 Å². The summed E-state index contributed by atoms with van der Waals surface area (Å²) >= 11 is 0. The average Bonchev–Trinajstić information content (AvgIpc) is 3.21. The number of carbonyl (C=O) groups excluding carboxylic acids is 4. The van der Waals surface area contributed by atoms with E-state index in [2.05, 4.69) is 16.7 Å². The molecule has 9 nitrogen and oxygen atoms in total. The van der Waals surface area contributed by atoms with E-state index in [4.69, 9.17) is 10.00 Å². The Morgan fingerprint density at radius 1 is 1.11 bits per heavy atom. The van der Waals surface area contributed by atoms with Gasteiger partial charge in [-0.1, -0.05) is 25.0 Å². The third kappa shape index (κ3) is 6.73. The Kier molecular flexibility index (Phi) is 8.52. The molecule has 0 spiro atoms. The molecule has 4 rings (SSSR count). The summed E-state index contributed by atoms with van der Waals surface area (Å²) in [6.45, 7) is 1.48. The second-order valence-corrected chi connectivity index (χ2v) is 9.32. The summed E-state index contributed by atoms with van der Waals surface area (Å²) in [5.41, 5.74) is 2.77. The van der Waals surface area contributed by atoms with Crippen LogP contribution < -0.4 is 15.4 Å². The molecule has 1 fully saturated rings. The van der Waals surface area contributed by atoms with E-state index < -0.39 is 11.9 Å². The fraction of sp³-hybridized carbons (Fsp3) is 0.393. The number of hydrogen-bond donors (Lipinski definition) is 2. The highest BCUT2D eigenvalue weighted by Crippen LogP contribution is 2.30. The molecule has 1 unspecified atom stereocenters. The quantitative estimate of drug-likeness (QED) is 0.359. The molecular formula is C28H30N4O5. The number of piperidine rings is 1. The van der Waals surface area contributed by atoms with Crippen molar-refractivity contribution in [3.8, 4) is 11.8 Å². The second-order valence-electron chi connectivity index (χ2n) is 9.32. The maximum Gasteiger partial charge on any atom is 0.255 e. The summed E-state index contributed by atoms with van der Waals surface area (Å²) in [6.07, 6.45) is 4.51. The monoisotopic (exact) mass is 502 g/mol. The van der Waals surface area contributed by atoms with E-state index in [0.717, 1.165) is 36.8 Å². The first-order valence-corrected chi connectivity index (χ1v) is 12.6. The first-order chi connectivity index (χ1) is 17.9. The van der Waals surface area contributed by atoms with Crippen LogP contribution in [0.3, 0.4) is 0 Å². The number of amides is 4. The Morgan fingerprint density at radius 2 is 1.95 bits per heavy atom. The molecule has 0 aliphatic carbocycles. The molecule has 37 heavy (non-hydrogen) atoms. The molecule has 2 heterocycles. The molecule has 4 amide bonds. The van der Waals surface area contributed by atoms with Crippen LogP contribution in [0.4, 0.5) is 0 Å². The second kappa shape index (κ2) is 12.2. The van der Waals surface area contributed by atoms with Crippen LogP contribution >= 0.6 is 0 Å². The van der Waals surface area contributed by atoms with Crippen LogP contribution in [0.1, 0.15) is 65.6 Å². The lowest BCUT2D eigenvalue weighted by Crippen LogP contribution is -2.52. The number of nitrogens with one attached hydrogen (secondary N) is 2. The zero-order valence-corrected chi connectivity index (χ0v) is 20.6. The number of imide groups is 1. The number of nitriles is 1. The topological polar surface area (TPSA) is 129 Å². The van der Waals surface area contributed by atoms with Gasteiger partial charge in [-0.2, -0.15) is 5.26 Å². The van der Waals surface area contributed by atoms with E-state index in [1.165, 1.54) is 4.90 Å². The van der Waals surface area contributed by atoms with Crippen molar-refractivity contribution in [3.05, 3.63) is 64.7 Å². The van der Waals surface area contributed by atoms with Crippen LogP contribution in [0.15, 0.2) is 42.5 Å². The van der Waals surface area contributed by atoms with Gasteiger partial charge in [-0.05, 0) is 60.7 Å². The largest absolute Gasteiger partial charge is 0.494 e. The number of fused-ring (bicyclic) bond motifs is 1. The molecule has 0 bridgehead atoms. The van der Waals surface area contributed by atoms with Gasteiger partial charge in [0.2, 0.25) is 17.7 Å². The lowest BCUT2D eigenvalue weighted by molar-refractivity contribution is -0.137. The lowest BCUT2D eigenvalue weighted by atomic mass is 10.0. The van der Waals surface area contributed by atoms with Gasteiger partial charge in [0.15, 0.2) is 0 Å². The minimum atomic E-state index is -0.624. The van der Waals surface area contributed by atoms with Crippen molar-refractivity contribution in [1.82, 2.24) is 15.5 Å². The smallest absolute Gasteiger partial charge is 0.255 e. The Morgan fingerprint density at radius 3 is 2.76 bits per heavy atom. The fourth-order valence-corrected chi connectivity index (χ4v) is 4.64. The zero-order valence-electron chi connectivity index (χ0n) is 20.6. The van der Waals surface area contributed by atoms with E-state index in [1.807, 2.05) is 12.1 Å². The highest BCUT2D eigenvalue weighted by atomic mass is 16.5. The van der Waals surface area contributed by atoms with Crippen molar-refractivity contribution < 1.29 is 23.9 Å². The van der Waals surface area contributed by atoms with Crippen molar-refractivity contribution in [1.29, 1.82) is 5.26 Å². The molecule has 2 aromatic carbocycles. The predicted molar refractivity (Wildman–Crippen MR) is 134 cm³/mol. The van der Waals surface area contributed by atoms with Gasteiger partial charge in [0.1, 0.15) is 11.8 Å². The van der Waals surface area contributed by atoms with Crippen LogP contribution in [0.5, 0.6) is 5.75 Å². The fourth-order valence-electron chi connectivity index (χ4n) is 4.64. The maximum atomic E-state index is 12.8. The number of ether oxygens (including phenoxy) is 1. The van der Waals surface area contributed by atoms with Crippen molar-refractivity contribution >= 4 is 23.6 Å². The maximum absolute atomic E-state index is 12.8. The molecule has 192 valence electrons. The standard InChI is InChI=1S/C28H30N4O5/c29-17-20-7-5-6-19(14-20)15-26(34)30-12-3-1-2-4-13-37-22-8-9-23-21(16-22)18-32(28(23)36)24-10-11-25(33)31-27(24)35/h5-9,14,16,24H,1-4,10-13,15,18H2,(H,30,34)(H,31,33,35). The van der Waals surface area contributed by atoms with Crippen LogP contribution in [0.2, 0.25) is 0 Å². The highest BCUT2D eigenvalue weighted by Gasteiger charge is 2.39. The summed E-state index contributed by atoms with van der Waals surface area (Å²) in [6, 6.07) is 13.9. The lowest BCUT2D eigenvalue weighted by Gasteiger charge is -2.29. The van der Waals surface area contributed by atoms with E-state index >= 15 is 0 Å². The van der Waals surface area contributed by atoms with E-state index in [9.17, 15) is 19.2 Å². The van der Waals surface area contributed by atoms with Crippen molar-refractivity contribution in [2.45, 2.75) is 57.5 Å². The summed E-state index contributed by atoms with van der Waals surface area (Å²) < 4.78 is 5.87. The number of unbranched alkanes of at least 4 members (excludes halogenated alkanes) is 3. The van der Waals surface area contributed by atoms with Crippen molar-refractivity contribution in [2.75, 3.05) is 13.2 Å². The van der Waals surface area contributed by atoms with E-state index in [0.29, 0.717) is 43.0 Å². The highest BCUT2D eigenvalue weighted by molar-refractivity contribution is 6.05. The summed E-state index contributed by atoms with van der Waals surface area (Å²) in [4.78, 5) is 49.9. The summed E-state index contributed by atoms with van der Waals surface area (Å²) in [5, 5.41) is 14.2. The van der Waals surface area contributed by atoms with Gasteiger partial charge in [0.25, 0.3) is 5.91 Å². The van der Waals surface area contributed by atoms with Gasteiger partial charge in [-0.15, -0.1) is 0 Å². The van der Waals surface area contributed by atoms with Gasteiger partial charge < -0.3 is 15.0 Å². The van der Waals surface area contributed by atoms with Crippen LogP contribution in [-0.2, 0) is 27.3 Å². The molecule has 1 atom stereocenters. The van der Waals surface area contributed by atoms with E-state index in [-0.39, 0.29) is 30.6 Å². The Labute approximate surface area is 215 Å². The van der Waals surface area contributed by atoms with Gasteiger partial charge in [-0.25, -0.2) is 0 Å². The van der Waals surface area contributed by atoms with Gasteiger partial charge >= 0.3 is 0 Å². The molecule has 0 saturated carbocycles. The molecule has 9 heteroatoms. The molecule has 2 aromatic rings. The molecular weight excluding hydrogens is 472 g/mol. The Hall–Kier alpha value is -4.19. The zero-order chi connectivity index (χ0) is 26.2. The van der Waals surface area contributed by atoms with Crippen LogP contribution in [-0.4, -0.2) is 47.7 Å². The Bertz CT molecular complexity index is 1240. The number of hydrogen-bond acceptors (Lipinski definition) is 6. The minimum Gasteiger partial charge on any atom is -0.494 e. The van der Waals surface area contributed by atoms with Gasteiger partial charge in [0.05, 0.1) is 24.7 Å². The average molecular weight is 503 g/mol. The molecule has 0 aromatic heterocycles. The SMILES string of the molecule is N#Cc1cccc(CC(=O)NCCCCCCOc2ccc3c(c2)CN(C2CCC(=O)NC2=O)C3=O)c1. The molecule has 2 N–H and O–H groups in total.